The van der Waals surface area contributed by atoms with Crippen LogP contribution >= 0.6 is 0 Å². The van der Waals surface area contributed by atoms with Crippen molar-refractivity contribution in [2.45, 2.75) is 11.8 Å². The molecule has 0 saturated carbocycles. The summed E-state index contributed by atoms with van der Waals surface area (Å²) < 4.78 is 33.0. The molecule has 2 heterocycles. The zero-order valence-electron chi connectivity index (χ0n) is 20.4. The number of amides is 1. The first-order valence-corrected chi connectivity index (χ1v) is 13.2. The minimum absolute atomic E-state index is 0.0820. The first-order valence-electron chi connectivity index (χ1n) is 11.8. The third kappa shape index (κ3) is 5.04. The molecule has 0 spiro atoms. The second kappa shape index (κ2) is 10.1. The highest BCUT2D eigenvalue weighted by Crippen LogP contribution is 2.26. The SMILES string of the molecule is Cc1ccc(-c2nnc(-c3ccc(C(=O)N4CCN(S(=O)(=O)c5cccc([N+](=O)[O-])c5)CC4)cc3)o2)cc1. The number of nitrogens with zero attached hydrogens (tertiary/aromatic N) is 5. The van der Waals surface area contributed by atoms with Gasteiger partial charge < -0.3 is 9.32 Å². The van der Waals surface area contributed by atoms with E-state index in [2.05, 4.69) is 10.2 Å². The second-order valence-corrected chi connectivity index (χ2v) is 10.7. The van der Waals surface area contributed by atoms with Crippen LogP contribution in [-0.2, 0) is 10.0 Å². The van der Waals surface area contributed by atoms with Gasteiger partial charge in [-0.15, -0.1) is 10.2 Å². The number of benzene rings is 3. The van der Waals surface area contributed by atoms with Crippen molar-refractivity contribution in [1.29, 1.82) is 0 Å². The molecule has 0 N–H and O–H groups in total. The number of carbonyl (C=O) groups excluding carboxylic acids is 1. The number of sulfonamides is 1. The van der Waals surface area contributed by atoms with Crippen LogP contribution in [-0.4, -0.2) is 64.8 Å². The van der Waals surface area contributed by atoms with Gasteiger partial charge in [0, 0.05) is 55.0 Å². The summed E-state index contributed by atoms with van der Waals surface area (Å²) in [4.78, 5) is 24.9. The van der Waals surface area contributed by atoms with Crippen LogP contribution in [0.4, 0.5) is 5.69 Å². The van der Waals surface area contributed by atoms with Crippen molar-refractivity contribution in [3.05, 3.63) is 94.0 Å². The van der Waals surface area contributed by atoms with E-state index >= 15 is 0 Å². The normalized spacial score (nSPS) is 14.4. The van der Waals surface area contributed by atoms with E-state index in [1.807, 2.05) is 31.2 Å². The van der Waals surface area contributed by atoms with Gasteiger partial charge in [0.05, 0.1) is 9.82 Å². The predicted octanol–water partition coefficient (Wildman–Crippen LogP) is 3.77. The van der Waals surface area contributed by atoms with Gasteiger partial charge in [0.25, 0.3) is 11.6 Å². The maximum Gasteiger partial charge on any atom is 0.270 e. The molecule has 0 atom stereocenters. The predicted molar refractivity (Wildman–Crippen MR) is 138 cm³/mol. The van der Waals surface area contributed by atoms with Gasteiger partial charge in [0.1, 0.15) is 0 Å². The lowest BCUT2D eigenvalue weighted by molar-refractivity contribution is -0.385. The van der Waals surface area contributed by atoms with Crippen LogP contribution in [0.2, 0.25) is 0 Å². The number of hydrogen-bond donors (Lipinski definition) is 0. The number of rotatable bonds is 6. The molecule has 0 bridgehead atoms. The van der Waals surface area contributed by atoms with E-state index in [0.29, 0.717) is 22.9 Å². The van der Waals surface area contributed by atoms with Crippen LogP contribution < -0.4 is 0 Å². The number of nitro benzene ring substituents is 1. The molecular weight excluding hydrogens is 510 g/mol. The van der Waals surface area contributed by atoms with E-state index in [0.717, 1.165) is 17.2 Å². The van der Waals surface area contributed by atoms with E-state index in [1.54, 1.807) is 29.2 Å². The largest absolute Gasteiger partial charge is 0.416 e. The Morgan fingerprint density at radius 2 is 1.47 bits per heavy atom. The molecule has 4 aromatic rings. The summed E-state index contributed by atoms with van der Waals surface area (Å²) in [6.07, 6.45) is 0. The van der Waals surface area contributed by atoms with Gasteiger partial charge in [-0.05, 0) is 49.4 Å². The topological polar surface area (TPSA) is 140 Å². The smallest absolute Gasteiger partial charge is 0.270 e. The summed E-state index contributed by atoms with van der Waals surface area (Å²) in [6.45, 7) is 2.54. The fraction of sp³-hybridized carbons (Fsp3) is 0.192. The Hall–Kier alpha value is -4.42. The lowest BCUT2D eigenvalue weighted by Gasteiger charge is -2.34. The van der Waals surface area contributed by atoms with E-state index in [9.17, 15) is 23.3 Å². The van der Waals surface area contributed by atoms with Crippen molar-refractivity contribution in [3.63, 3.8) is 0 Å². The maximum atomic E-state index is 13.0. The molecule has 1 aromatic heterocycles. The minimum Gasteiger partial charge on any atom is -0.416 e. The van der Waals surface area contributed by atoms with Crippen molar-refractivity contribution in [2.75, 3.05) is 26.2 Å². The molecule has 1 aliphatic rings. The molecule has 5 rings (SSSR count). The number of piperazine rings is 1. The molecule has 11 nitrogen and oxygen atoms in total. The molecule has 194 valence electrons. The zero-order valence-corrected chi connectivity index (χ0v) is 21.2. The molecule has 12 heteroatoms. The zero-order chi connectivity index (χ0) is 26.9. The number of aromatic nitrogens is 2. The van der Waals surface area contributed by atoms with Gasteiger partial charge in [-0.3, -0.25) is 14.9 Å². The van der Waals surface area contributed by atoms with E-state index in [1.165, 1.54) is 22.5 Å². The first kappa shape index (κ1) is 25.2. The summed E-state index contributed by atoms with van der Waals surface area (Å²) >= 11 is 0. The third-order valence-corrected chi connectivity index (χ3v) is 8.19. The molecule has 1 fully saturated rings. The highest BCUT2D eigenvalue weighted by molar-refractivity contribution is 7.89. The maximum absolute atomic E-state index is 13.0. The number of hydrogen-bond acceptors (Lipinski definition) is 8. The first-order chi connectivity index (χ1) is 18.2. The van der Waals surface area contributed by atoms with E-state index < -0.39 is 14.9 Å². The lowest BCUT2D eigenvalue weighted by atomic mass is 10.1. The van der Waals surface area contributed by atoms with E-state index in [4.69, 9.17) is 4.42 Å². The molecule has 1 amide bonds. The fourth-order valence-corrected chi connectivity index (χ4v) is 5.59. The third-order valence-electron chi connectivity index (χ3n) is 6.29. The van der Waals surface area contributed by atoms with Crippen LogP contribution in [0.25, 0.3) is 22.9 Å². The van der Waals surface area contributed by atoms with Crippen molar-refractivity contribution < 1.29 is 22.6 Å². The summed E-state index contributed by atoms with van der Waals surface area (Å²) in [5.41, 5.74) is 2.75. The highest BCUT2D eigenvalue weighted by atomic mass is 32.2. The number of non-ortho nitro benzene ring substituents is 1. The van der Waals surface area contributed by atoms with Gasteiger partial charge in [0.15, 0.2) is 0 Å². The molecule has 1 saturated heterocycles. The molecule has 1 aliphatic heterocycles. The number of carbonyl (C=O) groups is 1. The summed E-state index contributed by atoms with van der Waals surface area (Å²) in [5, 5.41) is 19.2. The van der Waals surface area contributed by atoms with Gasteiger partial charge in [-0.2, -0.15) is 4.31 Å². The monoisotopic (exact) mass is 533 g/mol. The standard InChI is InChI=1S/C26H23N5O6S/c1-18-5-7-19(8-6-18)24-27-28-25(37-24)20-9-11-21(12-10-20)26(32)29-13-15-30(16-14-29)38(35,36)23-4-2-3-22(17-23)31(33)34/h2-12,17H,13-16H2,1H3. The summed E-state index contributed by atoms with van der Waals surface area (Å²) in [5.74, 6) is 0.507. The Morgan fingerprint density at radius 3 is 2.05 bits per heavy atom. The summed E-state index contributed by atoms with van der Waals surface area (Å²) in [6, 6.07) is 19.5. The van der Waals surface area contributed by atoms with Crippen LogP contribution in [0.15, 0.2) is 82.1 Å². The van der Waals surface area contributed by atoms with E-state index in [-0.39, 0.29) is 42.7 Å². The average Bonchev–Trinajstić information content (AvgIpc) is 3.44. The van der Waals surface area contributed by atoms with Crippen molar-refractivity contribution >= 4 is 21.6 Å². The van der Waals surface area contributed by atoms with Gasteiger partial charge in [0.2, 0.25) is 21.8 Å². The number of nitro groups is 1. The minimum atomic E-state index is -3.92. The Kier molecular flexibility index (Phi) is 6.74. The lowest BCUT2D eigenvalue weighted by Crippen LogP contribution is -2.50. The highest BCUT2D eigenvalue weighted by Gasteiger charge is 2.31. The molecule has 0 aliphatic carbocycles. The van der Waals surface area contributed by atoms with Crippen LogP contribution in [0, 0.1) is 17.0 Å². The Morgan fingerprint density at radius 1 is 0.895 bits per heavy atom. The molecule has 0 unspecified atom stereocenters. The molecule has 38 heavy (non-hydrogen) atoms. The molecule has 0 radical (unpaired) electrons. The van der Waals surface area contributed by atoms with Gasteiger partial charge in [-0.25, -0.2) is 8.42 Å². The Bertz CT molecular complexity index is 1590. The number of aryl methyl sites for hydroxylation is 1. The van der Waals surface area contributed by atoms with Crippen LogP contribution in [0.3, 0.4) is 0 Å². The molecular formula is C26H23N5O6S. The Labute approximate surface area is 218 Å². The summed E-state index contributed by atoms with van der Waals surface area (Å²) in [7, 11) is -3.92. The quantitative estimate of drug-likeness (QED) is 0.270. The Balaban J connectivity index is 1.23. The van der Waals surface area contributed by atoms with Crippen molar-refractivity contribution in [2.24, 2.45) is 0 Å². The average molecular weight is 534 g/mol. The van der Waals surface area contributed by atoms with Crippen molar-refractivity contribution in [3.8, 4) is 22.9 Å². The van der Waals surface area contributed by atoms with Crippen LogP contribution in [0.5, 0.6) is 0 Å². The fourth-order valence-electron chi connectivity index (χ4n) is 4.13. The van der Waals surface area contributed by atoms with Crippen molar-refractivity contribution in [1.82, 2.24) is 19.4 Å². The molecule has 3 aromatic carbocycles. The van der Waals surface area contributed by atoms with Gasteiger partial charge >= 0.3 is 0 Å². The van der Waals surface area contributed by atoms with Gasteiger partial charge in [-0.1, -0.05) is 23.8 Å². The second-order valence-electron chi connectivity index (χ2n) is 8.81. The van der Waals surface area contributed by atoms with Crippen LogP contribution in [0.1, 0.15) is 15.9 Å².